The number of amides is 1. The molecule has 1 amide bonds. The molecule has 0 spiro atoms. The van der Waals surface area contributed by atoms with Gasteiger partial charge in [-0.05, 0) is 30.4 Å². The summed E-state index contributed by atoms with van der Waals surface area (Å²) in [6.07, 6.45) is -3.36. The molecule has 2 N–H and O–H groups in total. The Labute approximate surface area is 137 Å². The van der Waals surface area contributed by atoms with Gasteiger partial charge >= 0.3 is 6.18 Å². The maximum atomic E-state index is 12.9. The molecule has 1 fully saturated rings. The summed E-state index contributed by atoms with van der Waals surface area (Å²) in [5, 5.41) is 9.58. The van der Waals surface area contributed by atoms with Gasteiger partial charge in [-0.25, -0.2) is 0 Å². The van der Waals surface area contributed by atoms with E-state index >= 15 is 0 Å². The molecule has 1 saturated carbocycles. The Balaban J connectivity index is 1.81. The molecule has 0 saturated heterocycles. The van der Waals surface area contributed by atoms with Gasteiger partial charge in [0, 0.05) is 11.8 Å². The highest BCUT2D eigenvalue weighted by atomic mass is 19.4. The minimum Gasteiger partial charge on any atom is -0.308 e. The largest absolute Gasteiger partial charge is 0.416 e. The first kappa shape index (κ1) is 16.5. The molecule has 0 bridgehead atoms. The zero-order chi connectivity index (χ0) is 17.5. The van der Waals surface area contributed by atoms with E-state index in [0.29, 0.717) is 24.2 Å². The number of anilines is 1. The second-order valence-electron chi connectivity index (χ2n) is 6.48. The van der Waals surface area contributed by atoms with Crippen LogP contribution in [0.15, 0.2) is 30.3 Å². The molecule has 0 radical (unpaired) electrons. The Morgan fingerprint density at radius 3 is 2.54 bits per heavy atom. The highest BCUT2D eigenvalue weighted by Gasteiger charge is 2.52. The summed E-state index contributed by atoms with van der Waals surface area (Å²) in [6.45, 7) is 3.98. The molecule has 0 aliphatic heterocycles. The van der Waals surface area contributed by atoms with Crippen molar-refractivity contribution in [3.05, 3.63) is 47.2 Å². The number of hydrogen-bond acceptors (Lipinski definition) is 2. The smallest absolute Gasteiger partial charge is 0.308 e. The fourth-order valence-electron chi connectivity index (χ4n) is 2.70. The van der Waals surface area contributed by atoms with E-state index in [0.717, 1.165) is 17.8 Å². The van der Waals surface area contributed by atoms with Crippen molar-refractivity contribution in [3.63, 3.8) is 0 Å². The molecule has 1 aromatic heterocycles. The Bertz CT molecular complexity index is 760. The second-order valence-corrected chi connectivity index (χ2v) is 6.48. The third kappa shape index (κ3) is 3.02. The summed E-state index contributed by atoms with van der Waals surface area (Å²) in [4.78, 5) is 12.6. The van der Waals surface area contributed by atoms with Crippen molar-refractivity contribution in [1.82, 2.24) is 10.2 Å². The first-order valence-electron chi connectivity index (χ1n) is 7.77. The standard InChI is InChI=1S/C17H18F3N3O/c1-10(2)13-9-14(23-22-13)21-15(24)16(6-7-16)11-4-3-5-12(8-11)17(18,19)20/h3-5,8-10H,6-7H2,1-2H3,(H2,21,22,23,24). The van der Waals surface area contributed by atoms with E-state index in [-0.39, 0.29) is 11.8 Å². The molecule has 1 aromatic carbocycles. The van der Waals surface area contributed by atoms with E-state index < -0.39 is 17.2 Å². The number of alkyl halides is 3. The number of H-pyrrole nitrogens is 1. The van der Waals surface area contributed by atoms with E-state index in [1.165, 1.54) is 6.07 Å². The van der Waals surface area contributed by atoms with Crippen molar-refractivity contribution >= 4 is 11.7 Å². The van der Waals surface area contributed by atoms with Gasteiger partial charge in [0.15, 0.2) is 5.82 Å². The van der Waals surface area contributed by atoms with Gasteiger partial charge in [-0.15, -0.1) is 0 Å². The Kier molecular flexibility index (Phi) is 3.89. The van der Waals surface area contributed by atoms with Crippen LogP contribution in [0.25, 0.3) is 0 Å². The molecule has 4 nitrogen and oxygen atoms in total. The zero-order valence-electron chi connectivity index (χ0n) is 13.4. The first-order valence-corrected chi connectivity index (χ1v) is 7.77. The van der Waals surface area contributed by atoms with Gasteiger partial charge in [-0.3, -0.25) is 9.89 Å². The first-order chi connectivity index (χ1) is 11.2. The average molecular weight is 337 g/mol. The van der Waals surface area contributed by atoms with Crippen LogP contribution >= 0.6 is 0 Å². The number of nitrogens with zero attached hydrogens (tertiary/aromatic N) is 1. The predicted octanol–water partition coefficient (Wildman–Crippen LogP) is 4.22. The number of aromatic nitrogens is 2. The van der Waals surface area contributed by atoms with Crippen LogP contribution in [-0.4, -0.2) is 16.1 Å². The third-order valence-corrected chi connectivity index (χ3v) is 4.39. The summed E-state index contributed by atoms with van der Waals surface area (Å²) >= 11 is 0. The lowest BCUT2D eigenvalue weighted by Gasteiger charge is -2.16. The molecule has 128 valence electrons. The summed E-state index contributed by atoms with van der Waals surface area (Å²) < 4.78 is 38.7. The van der Waals surface area contributed by atoms with E-state index in [1.54, 1.807) is 12.1 Å². The maximum absolute atomic E-state index is 12.9. The molecular formula is C17H18F3N3O. The van der Waals surface area contributed by atoms with Gasteiger partial charge in [-0.2, -0.15) is 18.3 Å². The Morgan fingerprint density at radius 2 is 2.00 bits per heavy atom. The normalized spacial score (nSPS) is 16.2. The fraction of sp³-hybridized carbons (Fsp3) is 0.412. The van der Waals surface area contributed by atoms with Gasteiger partial charge < -0.3 is 5.32 Å². The molecule has 2 aromatic rings. The summed E-state index contributed by atoms with van der Waals surface area (Å²) in [6, 6.07) is 6.74. The highest BCUT2D eigenvalue weighted by Crippen LogP contribution is 2.49. The quantitative estimate of drug-likeness (QED) is 0.877. The third-order valence-electron chi connectivity index (χ3n) is 4.39. The van der Waals surface area contributed by atoms with E-state index in [9.17, 15) is 18.0 Å². The van der Waals surface area contributed by atoms with Crippen molar-refractivity contribution in [2.75, 3.05) is 5.32 Å². The van der Waals surface area contributed by atoms with Crippen molar-refractivity contribution < 1.29 is 18.0 Å². The Morgan fingerprint density at radius 1 is 1.29 bits per heavy atom. The monoisotopic (exact) mass is 337 g/mol. The predicted molar refractivity (Wildman–Crippen MR) is 83.7 cm³/mol. The summed E-state index contributed by atoms with van der Waals surface area (Å²) in [5.74, 6) is 0.312. The van der Waals surface area contributed by atoms with Crippen LogP contribution in [0.4, 0.5) is 19.0 Å². The number of carbonyl (C=O) groups excluding carboxylic acids is 1. The number of carbonyl (C=O) groups is 1. The van der Waals surface area contributed by atoms with E-state index in [1.807, 2.05) is 13.8 Å². The topological polar surface area (TPSA) is 57.8 Å². The van der Waals surface area contributed by atoms with Gasteiger partial charge in [0.2, 0.25) is 5.91 Å². The summed E-state index contributed by atoms with van der Waals surface area (Å²) in [5.41, 5.74) is -0.345. The molecule has 1 heterocycles. The number of rotatable bonds is 4. The number of benzene rings is 1. The molecule has 1 aliphatic rings. The van der Waals surface area contributed by atoms with Crippen molar-refractivity contribution in [2.45, 2.75) is 44.2 Å². The van der Waals surface area contributed by atoms with E-state index in [2.05, 4.69) is 15.5 Å². The number of halogens is 3. The molecule has 0 unspecified atom stereocenters. The van der Waals surface area contributed by atoms with Crippen LogP contribution in [0.2, 0.25) is 0 Å². The molecule has 3 rings (SSSR count). The minimum atomic E-state index is -4.42. The number of aromatic amines is 1. The average Bonchev–Trinajstić information content (AvgIpc) is 3.20. The van der Waals surface area contributed by atoms with Crippen LogP contribution in [0.1, 0.15) is 49.4 Å². The minimum absolute atomic E-state index is 0.238. The molecular weight excluding hydrogens is 319 g/mol. The van der Waals surface area contributed by atoms with Crippen molar-refractivity contribution in [1.29, 1.82) is 0 Å². The van der Waals surface area contributed by atoms with Crippen LogP contribution in [0, 0.1) is 0 Å². The summed E-state index contributed by atoms with van der Waals surface area (Å²) in [7, 11) is 0. The van der Waals surface area contributed by atoms with Gasteiger partial charge in [0.05, 0.1) is 11.0 Å². The lowest BCUT2D eigenvalue weighted by Crippen LogP contribution is -2.28. The lowest BCUT2D eigenvalue weighted by molar-refractivity contribution is -0.137. The Hall–Kier alpha value is -2.31. The van der Waals surface area contributed by atoms with Gasteiger partial charge in [0.1, 0.15) is 0 Å². The number of hydrogen-bond donors (Lipinski definition) is 2. The number of nitrogens with one attached hydrogen (secondary N) is 2. The van der Waals surface area contributed by atoms with Crippen LogP contribution in [0.3, 0.4) is 0 Å². The fourth-order valence-corrected chi connectivity index (χ4v) is 2.70. The zero-order valence-corrected chi connectivity index (χ0v) is 13.4. The molecule has 24 heavy (non-hydrogen) atoms. The van der Waals surface area contributed by atoms with Crippen LogP contribution in [-0.2, 0) is 16.4 Å². The van der Waals surface area contributed by atoms with Crippen molar-refractivity contribution in [3.8, 4) is 0 Å². The van der Waals surface area contributed by atoms with E-state index in [4.69, 9.17) is 0 Å². The van der Waals surface area contributed by atoms with Crippen molar-refractivity contribution in [2.24, 2.45) is 0 Å². The SMILES string of the molecule is CC(C)c1cc(NC(=O)C2(c3cccc(C(F)(F)F)c3)CC2)n[nH]1. The highest BCUT2D eigenvalue weighted by molar-refractivity contribution is 6.00. The molecule has 7 heteroatoms. The molecule has 1 aliphatic carbocycles. The lowest BCUT2D eigenvalue weighted by atomic mass is 9.93. The second kappa shape index (κ2) is 5.65. The molecule has 0 atom stereocenters. The van der Waals surface area contributed by atoms with Crippen LogP contribution in [0.5, 0.6) is 0 Å². The van der Waals surface area contributed by atoms with Gasteiger partial charge in [0.25, 0.3) is 0 Å². The maximum Gasteiger partial charge on any atom is 0.416 e. The van der Waals surface area contributed by atoms with Crippen LogP contribution < -0.4 is 5.32 Å². The van der Waals surface area contributed by atoms with Gasteiger partial charge in [-0.1, -0.05) is 32.0 Å².